The topological polar surface area (TPSA) is 65.7 Å². The van der Waals surface area contributed by atoms with Gasteiger partial charge in [-0.05, 0) is 24.8 Å². The van der Waals surface area contributed by atoms with Gasteiger partial charge in [-0.2, -0.15) is 0 Å². The number of H-pyrrole nitrogens is 2. The molecule has 1 atom stereocenters. The molecule has 1 aliphatic carbocycles. The van der Waals surface area contributed by atoms with Crippen LogP contribution in [0.25, 0.3) is 5.57 Å². The highest BCUT2D eigenvalue weighted by Crippen LogP contribution is 2.37. The molecule has 102 valence electrons. The maximum Gasteiger partial charge on any atom is 0.182 e. The van der Waals surface area contributed by atoms with Crippen LogP contribution < -0.4 is 10.9 Å². The van der Waals surface area contributed by atoms with Gasteiger partial charge in [0, 0.05) is 54.0 Å². The van der Waals surface area contributed by atoms with Crippen LogP contribution in [0.4, 0.5) is 0 Å². The highest BCUT2D eigenvalue weighted by molar-refractivity contribution is 5.69. The molecular weight excluding hydrogens is 252 g/mol. The summed E-state index contributed by atoms with van der Waals surface area (Å²) < 4.78 is 0. The van der Waals surface area contributed by atoms with Crippen LogP contribution in [0.1, 0.15) is 36.6 Å². The van der Waals surface area contributed by atoms with Crippen molar-refractivity contribution in [1.29, 1.82) is 0 Å². The van der Waals surface area contributed by atoms with Gasteiger partial charge < -0.3 is 9.97 Å². The van der Waals surface area contributed by atoms with E-state index in [0.717, 1.165) is 36.2 Å². The van der Waals surface area contributed by atoms with Crippen LogP contribution in [0.5, 0.6) is 0 Å². The molecule has 20 heavy (non-hydrogen) atoms. The maximum atomic E-state index is 11.5. The molecule has 1 aliphatic rings. The van der Waals surface area contributed by atoms with Gasteiger partial charge in [-0.1, -0.05) is 6.08 Å². The Morgan fingerprint density at radius 1 is 1.00 bits per heavy atom. The van der Waals surface area contributed by atoms with Crippen LogP contribution >= 0.6 is 0 Å². The van der Waals surface area contributed by atoms with E-state index in [0.29, 0.717) is 0 Å². The highest BCUT2D eigenvalue weighted by atomic mass is 16.1. The molecule has 2 heterocycles. The first-order valence-corrected chi connectivity index (χ1v) is 6.82. The molecule has 0 spiro atoms. The molecule has 0 radical (unpaired) electrons. The Hall–Kier alpha value is -2.36. The molecular formula is C16H16N2O2. The van der Waals surface area contributed by atoms with E-state index in [1.165, 1.54) is 12.1 Å². The van der Waals surface area contributed by atoms with E-state index in [4.69, 9.17) is 0 Å². The lowest BCUT2D eigenvalue weighted by atomic mass is 9.83. The van der Waals surface area contributed by atoms with E-state index in [2.05, 4.69) is 16.0 Å². The Kier molecular flexibility index (Phi) is 3.37. The first-order valence-electron chi connectivity index (χ1n) is 6.82. The molecule has 3 rings (SSSR count). The zero-order valence-electron chi connectivity index (χ0n) is 11.1. The number of allylic oxidation sites excluding steroid dienone is 2. The van der Waals surface area contributed by atoms with E-state index < -0.39 is 0 Å². The average molecular weight is 268 g/mol. The predicted octanol–water partition coefficient (Wildman–Crippen LogP) is 2.41. The fourth-order valence-corrected chi connectivity index (χ4v) is 2.77. The SMILES string of the molecule is O=c1cc[nH]c(C2=CCCCC2c2cc(=O)cc[nH]2)c1. The number of nitrogens with one attached hydrogen (secondary N) is 2. The Morgan fingerprint density at radius 2 is 1.75 bits per heavy atom. The molecule has 0 amide bonds. The third-order valence-corrected chi connectivity index (χ3v) is 3.69. The fourth-order valence-electron chi connectivity index (χ4n) is 2.77. The van der Waals surface area contributed by atoms with Gasteiger partial charge in [-0.25, -0.2) is 0 Å². The second-order valence-corrected chi connectivity index (χ2v) is 5.06. The number of hydrogen-bond donors (Lipinski definition) is 2. The highest BCUT2D eigenvalue weighted by Gasteiger charge is 2.22. The van der Waals surface area contributed by atoms with E-state index >= 15 is 0 Å². The second kappa shape index (κ2) is 5.33. The Balaban J connectivity index is 2.06. The predicted molar refractivity (Wildman–Crippen MR) is 78.7 cm³/mol. The van der Waals surface area contributed by atoms with Crippen molar-refractivity contribution in [1.82, 2.24) is 9.97 Å². The minimum atomic E-state index is -0.00877. The lowest BCUT2D eigenvalue weighted by molar-refractivity contribution is 0.653. The first-order chi connectivity index (χ1) is 9.74. The van der Waals surface area contributed by atoms with Gasteiger partial charge in [0.1, 0.15) is 0 Å². The van der Waals surface area contributed by atoms with Crippen molar-refractivity contribution in [3.8, 4) is 0 Å². The molecule has 4 heteroatoms. The summed E-state index contributed by atoms with van der Waals surface area (Å²) in [6.07, 6.45) is 8.56. The third-order valence-electron chi connectivity index (χ3n) is 3.69. The molecule has 4 nitrogen and oxygen atoms in total. The van der Waals surface area contributed by atoms with Crippen LogP contribution in [-0.4, -0.2) is 9.97 Å². The van der Waals surface area contributed by atoms with Crippen molar-refractivity contribution < 1.29 is 0 Å². The number of aromatic nitrogens is 2. The zero-order valence-corrected chi connectivity index (χ0v) is 11.1. The van der Waals surface area contributed by atoms with Gasteiger partial charge in [0.05, 0.1) is 0 Å². The monoisotopic (exact) mass is 268 g/mol. The number of pyridine rings is 2. The van der Waals surface area contributed by atoms with Gasteiger partial charge in [-0.15, -0.1) is 0 Å². The van der Waals surface area contributed by atoms with Gasteiger partial charge in [-0.3, -0.25) is 9.59 Å². The van der Waals surface area contributed by atoms with E-state index in [1.807, 2.05) is 0 Å². The molecule has 2 aromatic heterocycles. The number of aromatic amines is 2. The van der Waals surface area contributed by atoms with Crippen molar-refractivity contribution in [2.75, 3.05) is 0 Å². The lowest BCUT2D eigenvalue weighted by Gasteiger charge is -2.24. The van der Waals surface area contributed by atoms with Crippen LogP contribution in [0.2, 0.25) is 0 Å². The summed E-state index contributed by atoms with van der Waals surface area (Å²) in [5.41, 5.74) is 2.84. The molecule has 0 aliphatic heterocycles. The summed E-state index contributed by atoms with van der Waals surface area (Å²) in [7, 11) is 0. The van der Waals surface area contributed by atoms with Crippen molar-refractivity contribution in [3.05, 3.63) is 74.6 Å². The molecule has 1 unspecified atom stereocenters. The van der Waals surface area contributed by atoms with Crippen molar-refractivity contribution in [2.45, 2.75) is 25.2 Å². The average Bonchev–Trinajstić information content (AvgIpc) is 2.47. The maximum absolute atomic E-state index is 11.5. The van der Waals surface area contributed by atoms with Gasteiger partial charge >= 0.3 is 0 Å². The molecule has 2 N–H and O–H groups in total. The first kappa shape index (κ1) is 12.7. The van der Waals surface area contributed by atoms with E-state index in [1.54, 1.807) is 24.5 Å². The lowest BCUT2D eigenvalue weighted by Crippen LogP contribution is -2.13. The van der Waals surface area contributed by atoms with Gasteiger partial charge in [0.2, 0.25) is 0 Å². The Labute approximate surface area is 116 Å². The van der Waals surface area contributed by atoms with Crippen LogP contribution in [0.15, 0.2) is 52.3 Å². The summed E-state index contributed by atoms with van der Waals surface area (Å²) in [4.78, 5) is 29.4. The van der Waals surface area contributed by atoms with Crippen LogP contribution in [-0.2, 0) is 0 Å². The fraction of sp³-hybridized carbons (Fsp3) is 0.250. The minimum Gasteiger partial charge on any atom is -0.364 e. The molecule has 0 saturated carbocycles. The summed E-state index contributed by atoms with van der Waals surface area (Å²) in [6, 6.07) is 6.28. The Morgan fingerprint density at radius 3 is 2.50 bits per heavy atom. The van der Waals surface area contributed by atoms with Crippen molar-refractivity contribution in [3.63, 3.8) is 0 Å². The number of hydrogen-bond acceptors (Lipinski definition) is 2. The van der Waals surface area contributed by atoms with Crippen LogP contribution in [0, 0.1) is 0 Å². The van der Waals surface area contributed by atoms with Crippen molar-refractivity contribution in [2.24, 2.45) is 0 Å². The zero-order chi connectivity index (χ0) is 13.9. The second-order valence-electron chi connectivity index (χ2n) is 5.06. The summed E-state index contributed by atoms with van der Waals surface area (Å²) in [6.45, 7) is 0. The largest absolute Gasteiger partial charge is 0.364 e. The smallest absolute Gasteiger partial charge is 0.182 e. The van der Waals surface area contributed by atoms with Crippen molar-refractivity contribution >= 4 is 5.57 Å². The van der Waals surface area contributed by atoms with E-state index in [9.17, 15) is 9.59 Å². The molecule has 0 bridgehead atoms. The summed E-state index contributed by atoms with van der Waals surface area (Å²) in [5, 5.41) is 0. The standard InChI is InChI=1S/C16H16N2O2/c19-11-5-7-17-15(9-11)13-3-1-2-4-14(13)16-10-12(20)6-8-18-16/h3,5-10,14H,1-2,4H2,(H,17,19)(H,18,20). The summed E-state index contributed by atoms with van der Waals surface area (Å²) in [5.74, 6) is 0.135. The van der Waals surface area contributed by atoms with Crippen LogP contribution in [0.3, 0.4) is 0 Å². The summed E-state index contributed by atoms with van der Waals surface area (Å²) >= 11 is 0. The van der Waals surface area contributed by atoms with Gasteiger partial charge in [0.25, 0.3) is 0 Å². The number of rotatable bonds is 2. The molecule has 0 fully saturated rings. The normalized spacial score (nSPS) is 18.6. The molecule has 0 aromatic carbocycles. The quantitative estimate of drug-likeness (QED) is 0.878. The Bertz CT molecular complexity index is 755. The minimum absolute atomic E-state index is 0.00484. The van der Waals surface area contributed by atoms with Gasteiger partial charge in [0.15, 0.2) is 10.9 Å². The van der Waals surface area contributed by atoms with E-state index in [-0.39, 0.29) is 16.8 Å². The molecule has 2 aromatic rings. The third kappa shape index (κ3) is 2.50. The molecule has 0 saturated heterocycles.